The number of rotatable bonds is 5. The number of para-hydroxylation sites is 1. The van der Waals surface area contributed by atoms with Gasteiger partial charge >= 0.3 is 5.56 Å². The van der Waals surface area contributed by atoms with Gasteiger partial charge in [-0.25, -0.2) is 4.79 Å². The Morgan fingerprint density at radius 3 is 2.17 bits per heavy atom. The summed E-state index contributed by atoms with van der Waals surface area (Å²) < 4.78 is 2.56. The van der Waals surface area contributed by atoms with Gasteiger partial charge in [-0.3, -0.25) is 9.59 Å². The van der Waals surface area contributed by atoms with Crippen LogP contribution in [-0.4, -0.2) is 21.5 Å². The zero-order valence-corrected chi connectivity index (χ0v) is 13.1. The van der Waals surface area contributed by atoms with Gasteiger partial charge in [-0.05, 0) is 12.1 Å². The summed E-state index contributed by atoms with van der Waals surface area (Å²) in [5, 5.41) is 2.83. The van der Waals surface area contributed by atoms with Crippen LogP contribution in [0.5, 0.6) is 0 Å². The number of carbonyl (C=O) groups excluding carboxylic acids is 2. The van der Waals surface area contributed by atoms with Crippen molar-refractivity contribution >= 4 is 11.6 Å². The molecule has 1 N–H and O–H groups in total. The molecule has 0 radical (unpaired) electrons. The first-order chi connectivity index (χ1) is 11.6. The largest absolute Gasteiger partial charge is 0.409 e. The van der Waals surface area contributed by atoms with Crippen molar-refractivity contribution in [3.8, 4) is 5.69 Å². The van der Waals surface area contributed by atoms with Gasteiger partial charge in [0.1, 0.15) is 0 Å². The third-order valence-electron chi connectivity index (χ3n) is 3.64. The first kappa shape index (κ1) is 15.6. The summed E-state index contributed by atoms with van der Waals surface area (Å²) in [4.78, 5) is 36.8. The molecule has 1 aromatic heterocycles. The number of nitrogens with one attached hydrogen (secondary N) is 1. The van der Waals surface area contributed by atoms with Crippen LogP contribution in [0, 0.1) is 0 Å². The second-order valence-corrected chi connectivity index (χ2v) is 5.36. The van der Waals surface area contributed by atoms with E-state index in [9.17, 15) is 14.4 Å². The minimum atomic E-state index is -0.477. The quantitative estimate of drug-likeness (QED) is 0.572. The first-order valence-corrected chi connectivity index (χ1v) is 7.47. The molecule has 0 fully saturated rings. The van der Waals surface area contributed by atoms with E-state index >= 15 is 0 Å². The first-order valence-electron chi connectivity index (χ1n) is 7.47. The van der Waals surface area contributed by atoms with Crippen LogP contribution in [0.4, 0.5) is 0 Å². The molecule has 0 bridgehead atoms. The third kappa shape index (κ3) is 2.94. The molecule has 0 atom stereocenters. The highest BCUT2D eigenvalue weighted by atomic mass is 16.2. The molecular formula is C18H16N3O3+. The van der Waals surface area contributed by atoms with Crippen LogP contribution in [0.1, 0.15) is 27.8 Å². The van der Waals surface area contributed by atoms with Gasteiger partial charge in [-0.1, -0.05) is 58.4 Å². The summed E-state index contributed by atoms with van der Waals surface area (Å²) in [7, 11) is 0. The maximum Gasteiger partial charge on any atom is 0.409 e. The summed E-state index contributed by atoms with van der Waals surface area (Å²) in [5.41, 5.74) is 0.585. The van der Waals surface area contributed by atoms with Gasteiger partial charge in [0.25, 0.3) is 5.69 Å². The van der Waals surface area contributed by atoms with Crippen molar-refractivity contribution in [2.24, 2.45) is 0 Å². The normalized spacial score (nSPS) is 10.5. The molecule has 2 aromatic carbocycles. The summed E-state index contributed by atoms with van der Waals surface area (Å²) in [6.45, 7) is 1.19. The van der Waals surface area contributed by atoms with E-state index in [2.05, 4.69) is 5.21 Å². The Hall–Kier alpha value is -3.28. The Kier molecular flexibility index (Phi) is 4.20. The highest BCUT2D eigenvalue weighted by Gasteiger charge is 2.27. The molecule has 0 saturated heterocycles. The number of Topliss-reactive ketones (excluding diaryl/α,β-unsaturated/α-hetero) is 2. The maximum atomic E-state index is 12.5. The molecule has 24 heavy (non-hydrogen) atoms. The average Bonchev–Trinajstić information content (AvgIpc) is 2.92. The number of nitrogens with zero attached hydrogens (tertiary/aromatic N) is 2. The smallest absolute Gasteiger partial charge is 0.290 e. The highest BCUT2D eigenvalue weighted by molar-refractivity contribution is 5.95. The van der Waals surface area contributed by atoms with E-state index in [1.165, 1.54) is 16.3 Å². The molecule has 0 amide bonds. The molecule has 0 unspecified atom stereocenters. The van der Waals surface area contributed by atoms with E-state index in [0.29, 0.717) is 11.3 Å². The fourth-order valence-electron chi connectivity index (χ4n) is 2.50. The number of carbonyl (C=O) groups is 2. The van der Waals surface area contributed by atoms with Crippen LogP contribution in [0.15, 0.2) is 65.5 Å². The van der Waals surface area contributed by atoms with Crippen LogP contribution in [0.2, 0.25) is 0 Å². The predicted octanol–water partition coefficient (Wildman–Crippen LogP) is 1.54. The number of H-pyrrole nitrogens is 1. The molecule has 0 aliphatic carbocycles. The Bertz CT molecular complexity index is 941. The zero-order valence-electron chi connectivity index (χ0n) is 13.1. The van der Waals surface area contributed by atoms with Gasteiger partial charge in [-0.15, -0.1) is 4.68 Å². The Labute approximate surface area is 137 Å². The lowest BCUT2D eigenvalue weighted by molar-refractivity contribution is -0.743. The summed E-state index contributed by atoms with van der Waals surface area (Å²) in [6.07, 6.45) is 0. The van der Waals surface area contributed by atoms with Crippen molar-refractivity contribution in [3.05, 3.63) is 82.3 Å². The van der Waals surface area contributed by atoms with Crippen molar-refractivity contribution in [2.75, 3.05) is 0 Å². The van der Waals surface area contributed by atoms with Gasteiger partial charge in [0.15, 0.2) is 12.2 Å². The fraction of sp³-hybridized carbons (Fsp3) is 0.111. The standard InChI is InChI=1S/C18H15N3O3/c1-13(22)17-18(24)21(15-10-6-3-7-11-15)19-20(17)12-16(23)14-8-4-2-5-9-14/h2-11H,12H2,1H3/p+1. The number of aromatic amines is 1. The molecule has 0 aliphatic rings. The van der Waals surface area contributed by atoms with Gasteiger partial charge in [0.2, 0.25) is 11.6 Å². The second-order valence-electron chi connectivity index (χ2n) is 5.36. The van der Waals surface area contributed by atoms with Gasteiger partial charge in [-0.2, -0.15) is 0 Å². The SMILES string of the molecule is CC(=O)c1c(=O)n(-c2ccccc2)[nH][n+]1CC(=O)c1ccccc1. The van der Waals surface area contributed by atoms with Crippen LogP contribution >= 0.6 is 0 Å². The van der Waals surface area contributed by atoms with Gasteiger partial charge < -0.3 is 0 Å². The van der Waals surface area contributed by atoms with E-state index in [0.717, 1.165) is 0 Å². The molecule has 120 valence electrons. The van der Waals surface area contributed by atoms with Crippen LogP contribution in [0.3, 0.4) is 0 Å². The monoisotopic (exact) mass is 322 g/mol. The average molecular weight is 322 g/mol. The van der Waals surface area contributed by atoms with Crippen molar-refractivity contribution in [1.82, 2.24) is 9.90 Å². The molecule has 3 rings (SSSR count). The summed E-state index contributed by atoms with van der Waals surface area (Å²) >= 11 is 0. The predicted molar refractivity (Wildman–Crippen MR) is 87.4 cm³/mol. The number of ketones is 2. The minimum absolute atomic E-state index is 0.0527. The summed E-state index contributed by atoms with van der Waals surface area (Å²) in [5.74, 6) is -0.587. The topological polar surface area (TPSA) is 75.8 Å². The maximum absolute atomic E-state index is 12.5. The summed E-state index contributed by atoms with van der Waals surface area (Å²) in [6, 6.07) is 17.6. The number of hydrogen-bond acceptors (Lipinski definition) is 3. The van der Waals surface area contributed by atoms with Crippen molar-refractivity contribution in [1.29, 1.82) is 0 Å². The van der Waals surface area contributed by atoms with E-state index < -0.39 is 11.3 Å². The van der Waals surface area contributed by atoms with Crippen LogP contribution in [0.25, 0.3) is 5.69 Å². The van der Waals surface area contributed by atoms with E-state index in [-0.39, 0.29) is 18.0 Å². The Morgan fingerprint density at radius 1 is 1.00 bits per heavy atom. The van der Waals surface area contributed by atoms with Crippen molar-refractivity contribution < 1.29 is 14.3 Å². The molecule has 6 nitrogen and oxygen atoms in total. The van der Waals surface area contributed by atoms with E-state index in [1.54, 1.807) is 48.5 Å². The number of hydrogen-bond donors (Lipinski definition) is 1. The lowest BCUT2D eigenvalue weighted by atomic mass is 10.1. The minimum Gasteiger partial charge on any atom is -0.290 e. The molecule has 1 heterocycles. The molecule has 3 aromatic rings. The van der Waals surface area contributed by atoms with Crippen molar-refractivity contribution in [3.63, 3.8) is 0 Å². The van der Waals surface area contributed by atoms with Crippen molar-refractivity contribution in [2.45, 2.75) is 13.5 Å². The lowest BCUT2D eigenvalue weighted by Crippen LogP contribution is -2.46. The Balaban J connectivity index is 2.03. The molecular weight excluding hydrogens is 306 g/mol. The number of aromatic nitrogens is 3. The van der Waals surface area contributed by atoms with Crippen LogP contribution in [-0.2, 0) is 6.54 Å². The number of benzene rings is 2. The van der Waals surface area contributed by atoms with E-state index in [1.807, 2.05) is 12.1 Å². The zero-order chi connectivity index (χ0) is 17.1. The second kappa shape index (κ2) is 6.45. The molecule has 0 aliphatic heterocycles. The third-order valence-corrected chi connectivity index (χ3v) is 3.64. The fourth-order valence-corrected chi connectivity index (χ4v) is 2.50. The molecule has 0 spiro atoms. The van der Waals surface area contributed by atoms with Gasteiger partial charge in [0.05, 0.1) is 0 Å². The van der Waals surface area contributed by atoms with Gasteiger partial charge in [0, 0.05) is 12.5 Å². The molecule has 0 saturated carbocycles. The van der Waals surface area contributed by atoms with Crippen LogP contribution < -0.4 is 10.2 Å². The molecule has 6 heteroatoms. The Morgan fingerprint density at radius 2 is 1.58 bits per heavy atom. The highest BCUT2D eigenvalue weighted by Crippen LogP contribution is 2.03. The lowest BCUT2D eigenvalue weighted by Gasteiger charge is -1.99. The van der Waals surface area contributed by atoms with E-state index in [4.69, 9.17) is 0 Å².